The minimum atomic E-state index is -0.439. The Bertz CT molecular complexity index is 611. The number of fused-ring (bicyclic) bond motifs is 2. The molecule has 1 heterocycles. The Morgan fingerprint density at radius 2 is 2.28 bits per heavy atom. The Hall–Kier alpha value is -2.32. The Morgan fingerprint density at radius 1 is 1.50 bits per heavy atom. The molecule has 0 amide bonds. The smallest absolute Gasteiger partial charge is 0.340 e. The third-order valence-electron chi connectivity index (χ3n) is 3.20. The number of allylic oxidation sites excluding steroid dienone is 2. The molecule has 1 unspecified atom stereocenters. The summed E-state index contributed by atoms with van der Waals surface area (Å²) in [6.45, 7) is 1.73. The van der Waals surface area contributed by atoms with Crippen LogP contribution in [0.5, 0.6) is 5.75 Å². The number of cyclic esters (lactones) is 1. The van der Waals surface area contributed by atoms with Crippen molar-refractivity contribution in [2.24, 2.45) is 0 Å². The molecule has 3 rings (SSSR count). The number of ether oxygens (including phenoxy) is 2. The summed E-state index contributed by atoms with van der Waals surface area (Å²) in [4.78, 5) is 11.7. The average Bonchev–Trinajstić information content (AvgIpc) is 2.64. The monoisotopic (exact) mass is 243 g/mol. The number of phenolic OH excluding ortho intramolecular Hbond substituents is 1. The summed E-state index contributed by atoms with van der Waals surface area (Å²) in [5.74, 6) is 0.170. The van der Waals surface area contributed by atoms with Gasteiger partial charge in [-0.2, -0.15) is 0 Å². The van der Waals surface area contributed by atoms with Crippen LogP contribution in [0.2, 0.25) is 0 Å². The van der Waals surface area contributed by atoms with Gasteiger partial charge in [-0.15, -0.1) is 0 Å². The summed E-state index contributed by atoms with van der Waals surface area (Å²) < 4.78 is 10.3. The standard InChI is InChI=1S/C14H10O4/c1-7-11-9(14(16)18-7)6-8-4-3-5-10(17-2)12(8)13(11)15/h4-7H,1-2H3/p+1. The van der Waals surface area contributed by atoms with Crippen LogP contribution in [0.1, 0.15) is 40.1 Å². The Morgan fingerprint density at radius 3 is 3.00 bits per heavy atom. The van der Waals surface area contributed by atoms with Gasteiger partial charge in [0.1, 0.15) is 23.8 Å². The second-order valence-electron chi connectivity index (χ2n) is 4.22. The number of benzene rings is 1. The van der Waals surface area contributed by atoms with Crippen LogP contribution in [-0.4, -0.2) is 18.2 Å². The molecule has 4 heteroatoms. The first-order chi connectivity index (χ1) is 8.63. The number of esters is 1. The molecule has 90 valence electrons. The van der Waals surface area contributed by atoms with Crippen LogP contribution in [0, 0.1) is 6.08 Å². The minimum Gasteiger partial charge on any atom is -0.504 e. The zero-order valence-corrected chi connectivity index (χ0v) is 9.98. The molecule has 0 fully saturated rings. The van der Waals surface area contributed by atoms with Crippen LogP contribution in [-0.2, 0) is 9.47 Å². The molecule has 0 saturated carbocycles. The molecule has 0 radical (unpaired) electrons. The van der Waals surface area contributed by atoms with Gasteiger partial charge in [0.25, 0.3) is 0 Å². The first kappa shape index (κ1) is 10.8. The van der Waals surface area contributed by atoms with Gasteiger partial charge in [0.05, 0.1) is 18.2 Å². The predicted octanol–water partition coefficient (Wildman–Crippen LogP) is 2.44. The number of hydrogen-bond donors (Lipinski definition) is 1. The van der Waals surface area contributed by atoms with E-state index in [0.717, 1.165) is 0 Å². The largest absolute Gasteiger partial charge is 0.504 e. The minimum absolute atomic E-state index is 0.0479. The number of carbonyl (C=O) groups is 1. The Kier molecular flexibility index (Phi) is 2.15. The quantitative estimate of drug-likeness (QED) is 0.608. The lowest BCUT2D eigenvalue weighted by atomic mass is 9.92. The molecule has 1 atom stereocenters. The summed E-state index contributed by atoms with van der Waals surface area (Å²) >= 11 is 0. The molecule has 2 aliphatic rings. The first-order valence-corrected chi connectivity index (χ1v) is 5.58. The van der Waals surface area contributed by atoms with Crippen molar-refractivity contribution in [3.8, 4) is 5.75 Å². The van der Waals surface area contributed by atoms with Crippen molar-refractivity contribution in [3.63, 3.8) is 0 Å². The highest BCUT2D eigenvalue weighted by Gasteiger charge is 2.37. The molecule has 1 aromatic rings. The van der Waals surface area contributed by atoms with E-state index >= 15 is 0 Å². The van der Waals surface area contributed by atoms with Crippen molar-refractivity contribution >= 4 is 17.8 Å². The van der Waals surface area contributed by atoms with E-state index in [1.54, 1.807) is 25.1 Å². The number of aromatic hydroxyl groups is 1. The molecule has 0 spiro atoms. The van der Waals surface area contributed by atoms with E-state index < -0.39 is 12.1 Å². The topological polar surface area (TPSA) is 55.8 Å². The second kappa shape index (κ2) is 3.59. The van der Waals surface area contributed by atoms with Gasteiger partial charge < -0.3 is 14.6 Å². The van der Waals surface area contributed by atoms with Crippen LogP contribution in [0.4, 0.5) is 0 Å². The third-order valence-corrected chi connectivity index (χ3v) is 3.20. The van der Waals surface area contributed by atoms with Gasteiger partial charge in [-0.3, -0.25) is 0 Å². The number of carbonyl (C=O) groups excluding carboxylic acids is 1. The molecule has 1 N–H and O–H groups in total. The third kappa shape index (κ3) is 1.27. The van der Waals surface area contributed by atoms with E-state index in [2.05, 4.69) is 6.08 Å². The van der Waals surface area contributed by atoms with Gasteiger partial charge >= 0.3 is 5.97 Å². The summed E-state index contributed by atoms with van der Waals surface area (Å²) in [7, 11) is 1.53. The molecule has 0 bridgehead atoms. The second-order valence-corrected chi connectivity index (χ2v) is 4.22. The van der Waals surface area contributed by atoms with Crippen LogP contribution >= 0.6 is 0 Å². The highest BCUT2D eigenvalue weighted by atomic mass is 16.5. The van der Waals surface area contributed by atoms with Crippen LogP contribution in [0.15, 0.2) is 12.1 Å². The van der Waals surface area contributed by atoms with Gasteiger partial charge in [0, 0.05) is 12.1 Å². The number of hydrogen-bond acceptors (Lipinski definition) is 4. The maximum absolute atomic E-state index is 11.7. The molecule has 1 aromatic carbocycles. The summed E-state index contributed by atoms with van der Waals surface area (Å²) in [5.41, 5.74) is 2.22. The van der Waals surface area contributed by atoms with Gasteiger partial charge in [-0.1, -0.05) is 0 Å². The molecule has 1 aliphatic heterocycles. The number of rotatable bonds is 1. The molecule has 1 aliphatic carbocycles. The van der Waals surface area contributed by atoms with Crippen LogP contribution in [0.25, 0.3) is 11.8 Å². The highest BCUT2D eigenvalue weighted by Crippen LogP contribution is 2.44. The zero-order valence-electron chi connectivity index (χ0n) is 9.98. The van der Waals surface area contributed by atoms with Crippen molar-refractivity contribution in [3.05, 3.63) is 40.5 Å². The van der Waals surface area contributed by atoms with Crippen molar-refractivity contribution < 1.29 is 19.4 Å². The van der Waals surface area contributed by atoms with E-state index in [4.69, 9.17) is 9.47 Å². The fraction of sp³-hybridized carbons (Fsp3) is 0.214. The van der Waals surface area contributed by atoms with Crippen molar-refractivity contribution in [1.82, 2.24) is 0 Å². The number of phenols is 1. The lowest BCUT2D eigenvalue weighted by molar-refractivity contribution is 0.0420. The van der Waals surface area contributed by atoms with Crippen LogP contribution in [0.3, 0.4) is 0 Å². The Balaban J connectivity index is 2.32. The summed E-state index contributed by atoms with van der Waals surface area (Å²) in [6.07, 6.45) is 5.82. The molecular formula is C14H11O4+. The molecule has 0 saturated heterocycles. The zero-order chi connectivity index (χ0) is 12.9. The maximum atomic E-state index is 11.7. The maximum Gasteiger partial charge on any atom is 0.340 e. The van der Waals surface area contributed by atoms with E-state index in [0.29, 0.717) is 28.0 Å². The lowest BCUT2D eigenvalue weighted by Gasteiger charge is -2.10. The van der Waals surface area contributed by atoms with E-state index in [9.17, 15) is 9.90 Å². The SMILES string of the molecule is COC1=C[C+]=Cc2cc3c(c(O)c21)C(C)OC3=O. The van der Waals surface area contributed by atoms with Gasteiger partial charge in [0.2, 0.25) is 5.76 Å². The van der Waals surface area contributed by atoms with Gasteiger partial charge in [-0.25, -0.2) is 4.79 Å². The first-order valence-electron chi connectivity index (χ1n) is 5.58. The lowest BCUT2D eigenvalue weighted by Crippen LogP contribution is -2.01. The number of methoxy groups -OCH3 is 1. The van der Waals surface area contributed by atoms with E-state index in [1.807, 2.05) is 0 Å². The average molecular weight is 243 g/mol. The van der Waals surface area contributed by atoms with Crippen molar-refractivity contribution in [2.45, 2.75) is 13.0 Å². The normalized spacial score (nSPS) is 19.6. The summed E-state index contributed by atoms with van der Waals surface area (Å²) in [6, 6.07) is 1.70. The predicted molar refractivity (Wildman–Crippen MR) is 64.6 cm³/mol. The fourth-order valence-electron chi connectivity index (χ4n) is 2.38. The molecule has 4 nitrogen and oxygen atoms in total. The van der Waals surface area contributed by atoms with Crippen molar-refractivity contribution in [2.75, 3.05) is 7.11 Å². The van der Waals surface area contributed by atoms with E-state index in [1.165, 1.54) is 7.11 Å². The highest BCUT2D eigenvalue weighted by molar-refractivity contribution is 5.98. The van der Waals surface area contributed by atoms with Gasteiger partial charge in [-0.05, 0) is 6.92 Å². The van der Waals surface area contributed by atoms with Crippen molar-refractivity contribution in [1.29, 1.82) is 0 Å². The van der Waals surface area contributed by atoms with E-state index in [-0.39, 0.29) is 5.75 Å². The van der Waals surface area contributed by atoms with Gasteiger partial charge in [0.15, 0.2) is 11.3 Å². The summed E-state index contributed by atoms with van der Waals surface area (Å²) in [5, 5.41) is 10.3. The Labute approximate surface area is 104 Å². The molecular weight excluding hydrogens is 232 g/mol. The molecule has 0 aromatic heterocycles. The van der Waals surface area contributed by atoms with Crippen LogP contribution < -0.4 is 0 Å². The fourth-order valence-corrected chi connectivity index (χ4v) is 2.38. The molecule has 18 heavy (non-hydrogen) atoms.